The Morgan fingerprint density at radius 2 is 1.50 bits per heavy atom. The number of benzene rings is 2. The van der Waals surface area contributed by atoms with Gasteiger partial charge in [0.2, 0.25) is 21.7 Å². The molecule has 2 rings (SSSR count). The molecule has 0 aliphatic heterocycles. The summed E-state index contributed by atoms with van der Waals surface area (Å²) in [5.41, 5.74) is 0.103. The second-order valence-electron chi connectivity index (χ2n) is 6.09. The molecular weight excluding hydrogens is 440 g/mol. The molecule has 170 valence electrons. The molecule has 32 heavy (non-hydrogen) atoms. The topological polar surface area (TPSA) is 152 Å². The van der Waals surface area contributed by atoms with E-state index in [0.717, 1.165) is 14.2 Å². The highest BCUT2D eigenvalue weighted by atomic mass is 32.2. The van der Waals surface area contributed by atoms with E-state index in [0.29, 0.717) is 0 Å². The van der Waals surface area contributed by atoms with E-state index in [1.165, 1.54) is 30.3 Å². The minimum Gasteiger partial charge on any atom is -0.453 e. The van der Waals surface area contributed by atoms with Crippen LogP contribution in [0.15, 0.2) is 63.3 Å². The van der Waals surface area contributed by atoms with Crippen LogP contribution in [0, 0.1) is 0 Å². The summed E-state index contributed by atoms with van der Waals surface area (Å²) >= 11 is 0. The number of hydrogen-bond donors (Lipinski definition) is 3. The van der Waals surface area contributed by atoms with Crippen LogP contribution in [0.2, 0.25) is 0 Å². The Labute approximate surface area is 184 Å². The SMILES string of the molecule is CCC(=O)Nc1ccc(S(=O)(=O)c2ccccc2)cc1N=C(NC(=O)OC)NC(=O)OC. The van der Waals surface area contributed by atoms with Crippen molar-refractivity contribution in [1.82, 2.24) is 10.6 Å². The molecule has 0 aromatic heterocycles. The van der Waals surface area contributed by atoms with Gasteiger partial charge in [-0.05, 0) is 30.3 Å². The van der Waals surface area contributed by atoms with Crippen LogP contribution in [0.25, 0.3) is 0 Å². The van der Waals surface area contributed by atoms with E-state index in [1.54, 1.807) is 25.1 Å². The highest BCUT2D eigenvalue weighted by molar-refractivity contribution is 7.91. The predicted molar refractivity (Wildman–Crippen MR) is 115 cm³/mol. The minimum atomic E-state index is -3.91. The molecule has 0 spiro atoms. The minimum absolute atomic E-state index is 0.0494. The quantitative estimate of drug-likeness (QED) is 0.456. The van der Waals surface area contributed by atoms with Crippen LogP contribution >= 0.6 is 0 Å². The largest absolute Gasteiger partial charge is 0.453 e. The molecule has 3 amide bonds. The van der Waals surface area contributed by atoms with Gasteiger partial charge in [0, 0.05) is 6.42 Å². The molecule has 0 saturated heterocycles. The molecule has 0 saturated carbocycles. The van der Waals surface area contributed by atoms with Crippen LogP contribution in [0.3, 0.4) is 0 Å². The highest BCUT2D eigenvalue weighted by Gasteiger charge is 2.20. The first kappa shape index (κ1) is 24.3. The van der Waals surface area contributed by atoms with Crippen LogP contribution in [-0.4, -0.2) is 46.7 Å². The number of hydrogen-bond acceptors (Lipinski definition) is 8. The molecule has 0 aliphatic rings. The second-order valence-corrected chi connectivity index (χ2v) is 8.04. The summed E-state index contributed by atoms with van der Waals surface area (Å²) in [7, 11) is -1.71. The van der Waals surface area contributed by atoms with Crippen molar-refractivity contribution in [2.24, 2.45) is 4.99 Å². The van der Waals surface area contributed by atoms with Crippen LogP contribution in [0.5, 0.6) is 0 Å². The van der Waals surface area contributed by atoms with Crippen molar-refractivity contribution in [1.29, 1.82) is 0 Å². The zero-order chi connectivity index (χ0) is 23.7. The summed E-state index contributed by atoms with van der Waals surface area (Å²) in [4.78, 5) is 39.2. The number of guanidine groups is 1. The van der Waals surface area contributed by atoms with Crippen LogP contribution < -0.4 is 16.0 Å². The van der Waals surface area contributed by atoms with Gasteiger partial charge in [0.15, 0.2) is 0 Å². The van der Waals surface area contributed by atoms with Gasteiger partial charge in [-0.3, -0.25) is 15.4 Å². The molecule has 0 fully saturated rings. The molecule has 0 aliphatic carbocycles. The van der Waals surface area contributed by atoms with Crippen molar-refractivity contribution >= 4 is 45.3 Å². The molecule has 0 bridgehead atoms. The standard InChI is InChI=1S/C20H22N4O7S/c1-4-17(25)21-15-11-10-14(32(28,29)13-8-6-5-7-9-13)12-16(15)22-18(23-19(26)30-2)24-20(27)31-3/h5-12H,4H2,1-3H3,(H,21,25)(H2,22,23,24,26,27). The molecule has 2 aromatic carbocycles. The normalized spacial score (nSPS) is 10.5. The van der Waals surface area contributed by atoms with Crippen molar-refractivity contribution in [2.75, 3.05) is 19.5 Å². The maximum atomic E-state index is 13.0. The van der Waals surface area contributed by atoms with E-state index < -0.39 is 28.0 Å². The third kappa shape index (κ3) is 6.28. The number of carbonyl (C=O) groups excluding carboxylic acids is 3. The maximum absolute atomic E-state index is 13.0. The number of carbonyl (C=O) groups is 3. The van der Waals surface area contributed by atoms with E-state index in [-0.39, 0.29) is 33.5 Å². The first-order chi connectivity index (χ1) is 15.2. The Hall–Kier alpha value is -3.93. The number of methoxy groups -OCH3 is 2. The van der Waals surface area contributed by atoms with Crippen molar-refractivity contribution in [3.05, 3.63) is 48.5 Å². The first-order valence-electron chi connectivity index (χ1n) is 9.24. The molecule has 3 N–H and O–H groups in total. The van der Waals surface area contributed by atoms with Crippen LogP contribution in [0.1, 0.15) is 13.3 Å². The Morgan fingerprint density at radius 3 is 2.03 bits per heavy atom. The Bertz CT molecular complexity index is 1110. The Kier molecular flexibility index (Phi) is 8.30. The number of rotatable bonds is 5. The van der Waals surface area contributed by atoms with Gasteiger partial charge in [-0.2, -0.15) is 0 Å². The molecule has 11 nitrogen and oxygen atoms in total. The fourth-order valence-electron chi connectivity index (χ4n) is 2.35. The summed E-state index contributed by atoms with van der Waals surface area (Å²) < 4.78 is 35.0. The average molecular weight is 462 g/mol. The van der Waals surface area contributed by atoms with Crippen molar-refractivity contribution < 1.29 is 32.3 Å². The number of ether oxygens (including phenoxy) is 2. The first-order valence-corrected chi connectivity index (χ1v) is 10.7. The van der Waals surface area contributed by atoms with E-state index >= 15 is 0 Å². The number of alkyl carbamates (subject to hydrolysis) is 2. The number of nitrogens with one attached hydrogen (secondary N) is 3. The highest BCUT2D eigenvalue weighted by Crippen LogP contribution is 2.31. The van der Waals surface area contributed by atoms with Crippen molar-refractivity contribution in [3.63, 3.8) is 0 Å². The van der Waals surface area contributed by atoms with E-state index in [2.05, 4.69) is 30.4 Å². The lowest BCUT2D eigenvalue weighted by molar-refractivity contribution is -0.115. The monoisotopic (exact) mass is 462 g/mol. The molecule has 0 unspecified atom stereocenters. The lowest BCUT2D eigenvalue weighted by atomic mass is 10.2. The molecule has 0 radical (unpaired) electrons. The number of aliphatic imine (C=N–C) groups is 1. The molecule has 0 atom stereocenters. The lowest BCUT2D eigenvalue weighted by Crippen LogP contribution is -2.43. The molecule has 12 heteroatoms. The number of anilines is 1. The summed E-state index contributed by atoms with van der Waals surface area (Å²) in [6.45, 7) is 1.63. The third-order valence-electron chi connectivity index (χ3n) is 3.97. The van der Waals surface area contributed by atoms with Gasteiger partial charge in [-0.1, -0.05) is 25.1 Å². The van der Waals surface area contributed by atoms with Gasteiger partial charge in [0.25, 0.3) is 0 Å². The van der Waals surface area contributed by atoms with Gasteiger partial charge < -0.3 is 14.8 Å². The summed E-state index contributed by atoms with van der Waals surface area (Å²) in [5, 5.41) is 6.95. The van der Waals surface area contributed by atoms with Crippen molar-refractivity contribution in [3.8, 4) is 0 Å². The van der Waals surface area contributed by atoms with E-state index in [9.17, 15) is 22.8 Å². The number of sulfone groups is 1. The smallest absolute Gasteiger partial charge is 0.413 e. The maximum Gasteiger partial charge on any atom is 0.413 e. The average Bonchev–Trinajstić information content (AvgIpc) is 2.80. The molecular formula is C20H22N4O7S. The molecule has 0 heterocycles. The second kappa shape index (κ2) is 10.9. The van der Waals surface area contributed by atoms with Gasteiger partial charge in [0.1, 0.15) is 0 Å². The molecule has 2 aromatic rings. The van der Waals surface area contributed by atoms with E-state index in [1.807, 2.05) is 0 Å². The van der Waals surface area contributed by atoms with Gasteiger partial charge in [-0.15, -0.1) is 0 Å². The van der Waals surface area contributed by atoms with Crippen LogP contribution in [-0.2, 0) is 24.1 Å². The third-order valence-corrected chi connectivity index (χ3v) is 5.74. The predicted octanol–water partition coefficient (Wildman–Crippen LogP) is 2.57. The summed E-state index contributed by atoms with van der Waals surface area (Å²) in [5.74, 6) is -0.770. The van der Waals surface area contributed by atoms with Gasteiger partial charge in [-0.25, -0.2) is 23.0 Å². The zero-order valence-corrected chi connectivity index (χ0v) is 18.4. The number of amides is 3. The van der Waals surface area contributed by atoms with Gasteiger partial charge >= 0.3 is 12.2 Å². The van der Waals surface area contributed by atoms with Crippen molar-refractivity contribution in [2.45, 2.75) is 23.1 Å². The fourth-order valence-corrected chi connectivity index (χ4v) is 3.66. The Morgan fingerprint density at radius 1 is 0.906 bits per heavy atom. The Balaban J connectivity index is 2.62. The summed E-state index contributed by atoms with van der Waals surface area (Å²) in [6.07, 6.45) is -1.75. The van der Waals surface area contributed by atoms with Crippen LogP contribution in [0.4, 0.5) is 21.0 Å². The zero-order valence-electron chi connectivity index (χ0n) is 17.5. The summed E-state index contributed by atoms with van der Waals surface area (Å²) in [6, 6.07) is 11.6. The number of nitrogens with zero attached hydrogens (tertiary/aromatic N) is 1. The lowest BCUT2D eigenvalue weighted by Gasteiger charge is -2.13. The fraction of sp³-hybridized carbons (Fsp3) is 0.200. The van der Waals surface area contributed by atoms with Gasteiger partial charge in [0.05, 0.1) is 35.4 Å². The van der Waals surface area contributed by atoms with E-state index in [4.69, 9.17) is 0 Å².